The molecule has 2 N–H and O–H groups in total. The van der Waals surface area contributed by atoms with E-state index in [1.165, 1.54) is 7.05 Å². The molecule has 1 aromatic rings. The lowest BCUT2D eigenvalue weighted by atomic mass is 10.9. The second-order valence-corrected chi connectivity index (χ2v) is 3.55. The minimum atomic E-state index is -0.667. The van der Waals surface area contributed by atoms with Gasteiger partial charge in [-0.05, 0) is 0 Å². The maximum absolute atomic E-state index is 10.8. The molecule has 0 spiro atoms. The van der Waals surface area contributed by atoms with Gasteiger partial charge in [0.05, 0.1) is 0 Å². The Morgan fingerprint density at radius 1 is 1.75 bits per heavy atom. The van der Waals surface area contributed by atoms with Crippen LogP contribution in [0.2, 0.25) is 0 Å². The quantitative estimate of drug-likeness (QED) is 0.273. The minimum Gasteiger partial charge on any atom is -0.285 e. The van der Waals surface area contributed by atoms with E-state index in [1.54, 1.807) is 0 Å². The fourth-order valence-corrected chi connectivity index (χ4v) is 1.22. The number of urea groups is 1. The van der Waals surface area contributed by atoms with Gasteiger partial charge in [-0.15, -0.1) is 22.8 Å². The lowest BCUT2D eigenvalue weighted by Gasteiger charge is -2.06. The molecular weight excluding hydrogens is 200 g/mol. The van der Waals surface area contributed by atoms with Gasteiger partial charge in [-0.25, -0.2) is 9.86 Å². The van der Waals surface area contributed by atoms with Crippen molar-refractivity contribution in [1.82, 2.24) is 15.3 Å². The number of hydroxylamine groups is 2. The number of thiol groups is 1. The van der Waals surface area contributed by atoms with Crippen LogP contribution >= 0.6 is 24.0 Å². The molecule has 1 aromatic heterocycles. The van der Waals surface area contributed by atoms with Gasteiger partial charge in [0.25, 0.3) is 0 Å². The molecule has 0 radical (unpaired) electrons. The summed E-state index contributed by atoms with van der Waals surface area (Å²) in [5.41, 5.74) is 0. The van der Waals surface area contributed by atoms with Crippen molar-refractivity contribution < 1.29 is 10.0 Å². The second-order valence-electron chi connectivity index (χ2n) is 1.84. The molecule has 0 aromatic carbocycles. The highest BCUT2D eigenvalue weighted by Gasteiger charge is 2.08. The molecule has 0 unspecified atom stereocenters. The number of hydrogen-bond acceptors (Lipinski definition) is 6. The Bertz CT molecular complexity index is 286. The fraction of sp³-hybridized carbons (Fsp3) is 0.250. The van der Waals surface area contributed by atoms with Crippen molar-refractivity contribution in [1.29, 1.82) is 0 Å². The third-order valence-corrected chi connectivity index (χ3v) is 1.93. The van der Waals surface area contributed by atoms with E-state index < -0.39 is 6.03 Å². The summed E-state index contributed by atoms with van der Waals surface area (Å²) in [5, 5.41) is 18.8. The zero-order valence-electron chi connectivity index (χ0n) is 6.05. The number of carbonyl (C=O) groups is 1. The van der Waals surface area contributed by atoms with E-state index in [1.807, 2.05) is 0 Å². The first-order valence-corrected chi connectivity index (χ1v) is 4.12. The Kier molecular flexibility index (Phi) is 2.84. The molecule has 0 aliphatic rings. The number of carbonyl (C=O) groups excluding carboxylic acids is 1. The van der Waals surface area contributed by atoms with Gasteiger partial charge >= 0.3 is 6.03 Å². The lowest BCUT2D eigenvalue weighted by Crippen LogP contribution is -2.27. The van der Waals surface area contributed by atoms with Gasteiger partial charge in [0.2, 0.25) is 5.13 Å². The van der Waals surface area contributed by atoms with Crippen molar-refractivity contribution >= 4 is 35.1 Å². The van der Waals surface area contributed by atoms with E-state index >= 15 is 0 Å². The number of anilines is 1. The van der Waals surface area contributed by atoms with Crippen LogP contribution in [0.4, 0.5) is 9.93 Å². The number of rotatable bonds is 1. The highest BCUT2D eigenvalue weighted by molar-refractivity contribution is 7.82. The SMILES string of the molecule is CN(O)C(=O)Nc1nnc(S)s1. The first kappa shape index (κ1) is 9.23. The van der Waals surface area contributed by atoms with Crippen molar-refractivity contribution in [2.24, 2.45) is 0 Å². The Labute approximate surface area is 77.6 Å². The maximum Gasteiger partial charge on any atom is 0.347 e. The Morgan fingerprint density at radius 3 is 2.83 bits per heavy atom. The van der Waals surface area contributed by atoms with Gasteiger partial charge < -0.3 is 0 Å². The summed E-state index contributed by atoms with van der Waals surface area (Å²) in [7, 11) is 1.21. The third-order valence-electron chi connectivity index (χ3n) is 0.922. The summed E-state index contributed by atoms with van der Waals surface area (Å²) in [6.07, 6.45) is 0. The highest BCUT2D eigenvalue weighted by Crippen LogP contribution is 2.17. The van der Waals surface area contributed by atoms with E-state index in [0.29, 0.717) is 14.5 Å². The number of aromatic nitrogens is 2. The van der Waals surface area contributed by atoms with E-state index in [9.17, 15) is 4.79 Å². The minimum absolute atomic E-state index is 0.297. The van der Waals surface area contributed by atoms with Crippen molar-refractivity contribution in [2.75, 3.05) is 12.4 Å². The average Bonchev–Trinajstić information content (AvgIpc) is 2.35. The largest absolute Gasteiger partial charge is 0.347 e. The summed E-state index contributed by atoms with van der Waals surface area (Å²) in [4.78, 5) is 10.8. The van der Waals surface area contributed by atoms with E-state index in [-0.39, 0.29) is 0 Å². The van der Waals surface area contributed by atoms with Crippen LogP contribution in [-0.2, 0) is 0 Å². The van der Waals surface area contributed by atoms with Gasteiger partial charge in [-0.2, -0.15) is 0 Å². The predicted octanol–water partition coefficient (Wildman–Crippen LogP) is 0.680. The van der Waals surface area contributed by atoms with Crippen LogP contribution in [0.1, 0.15) is 0 Å². The monoisotopic (exact) mass is 206 g/mol. The molecular formula is C4H6N4O2S2. The van der Waals surface area contributed by atoms with E-state index in [0.717, 1.165) is 11.3 Å². The Morgan fingerprint density at radius 2 is 2.42 bits per heavy atom. The van der Waals surface area contributed by atoms with Crippen LogP contribution in [0.15, 0.2) is 4.34 Å². The predicted molar refractivity (Wildman–Crippen MR) is 45.7 cm³/mol. The summed E-state index contributed by atoms with van der Waals surface area (Å²) in [6.45, 7) is 0. The molecule has 12 heavy (non-hydrogen) atoms. The highest BCUT2D eigenvalue weighted by atomic mass is 32.2. The molecule has 0 saturated carbocycles. The topological polar surface area (TPSA) is 78.4 Å². The molecule has 8 heteroatoms. The molecule has 0 bridgehead atoms. The molecule has 2 amide bonds. The maximum atomic E-state index is 10.8. The summed E-state index contributed by atoms with van der Waals surface area (Å²) < 4.78 is 0.450. The van der Waals surface area contributed by atoms with E-state index in [2.05, 4.69) is 28.1 Å². The molecule has 66 valence electrons. The fourth-order valence-electron chi connectivity index (χ4n) is 0.438. The zero-order valence-corrected chi connectivity index (χ0v) is 7.76. The van der Waals surface area contributed by atoms with Crippen LogP contribution in [0.25, 0.3) is 0 Å². The van der Waals surface area contributed by atoms with Gasteiger partial charge in [0.1, 0.15) is 0 Å². The average molecular weight is 206 g/mol. The van der Waals surface area contributed by atoms with Crippen molar-refractivity contribution in [2.45, 2.75) is 4.34 Å². The van der Waals surface area contributed by atoms with Gasteiger partial charge in [0, 0.05) is 7.05 Å². The third kappa shape index (κ3) is 2.32. The van der Waals surface area contributed by atoms with Crippen LogP contribution < -0.4 is 5.32 Å². The standard InChI is InChI=1S/C4H6N4O2S2/c1-8(10)3(9)5-2-6-7-4(11)12-2/h10H,1H3,(H,7,11)(H,5,6,9). The van der Waals surface area contributed by atoms with Crippen molar-refractivity contribution in [3.05, 3.63) is 0 Å². The van der Waals surface area contributed by atoms with Gasteiger partial charge in [0.15, 0.2) is 4.34 Å². The summed E-state index contributed by atoms with van der Waals surface area (Å²) in [5.74, 6) is 0. The molecule has 0 aliphatic heterocycles. The van der Waals surface area contributed by atoms with Crippen molar-refractivity contribution in [3.8, 4) is 0 Å². The van der Waals surface area contributed by atoms with Gasteiger partial charge in [-0.1, -0.05) is 11.3 Å². The van der Waals surface area contributed by atoms with Crippen LogP contribution in [0.3, 0.4) is 0 Å². The van der Waals surface area contributed by atoms with Crippen molar-refractivity contribution in [3.63, 3.8) is 0 Å². The van der Waals surface area contributed by atoms with Crippen LogP contribution in [0, 0.1) is 0 Å². The first-order chi connectivity index (χ1) is 5.59. The summed E-state index contributed by atoms with van der Waals surface area (Å²) >= 11 is 5.00. The van der Waals surface area contributed by atoms with Gasteiger partial charge in [-0.3, -0.25) is 10.5 Å². The van der Waals surface area contributed by atoms with Crippen LogP contribution in [0.5, 0.6) is 0 Å². The number of hydrogen-bond donors (Lipinski definition) is 3. The first-order valence-electron chi connectivity index (χ1n) is 2.85. The second kappa shape index (κ2) is 3.70. The zero-order chi connectivity index (χ0) is 9.14. The number of amides is 2. The molecule has 1 heterocycles. The Balaban J connectivity index is 2.58. The molecule has 1 rings (SSSR count). The molecule has 6 nitrogen and oxygen atoms in total. The Hall–Kier alpha value is -0.860. The molecule has 0 saturated heterocycles. The molecule has 0 aliphatic carbocycles. The molecule has 0 atom stereocenters. The number of nitrogens with one attached hydrogen (secondary N) is 1. The van der Waals surface area contributed by atoms with Crippen LogP contribution in [-0.4, -0.2) is 33.5 Å². The normalized spacial score (nSPS) is 9.58. The number of nitrogens with zero attached hydrogens (tertiary/aromatic N) is 3. The summed E-state index contributed by atoms with van der Waals surface area (Å²) in [6, 6.07) is -0.667. The molecule has 0 fully saturated rings. The lowest BCUT2D eigenvalue weighted by molar-refractivity contribution is -0.0118. The smallest absolute Gasteiger partial charge is 0.285 e. The van der Waals surface area contributed by atoms with E-state index in [4.69, 9.17) is 5.21 Å².